The maximum absolute atomic E-state index is 11.3. The molecule has 1 aromatic rings. The van der Waals surface area contributed by atoms with Crippen LogP contribution in [0.4, 0.5) is 5.82 Å². The summed E-state index contributed by atoms with van der Waals surface area (Å²) in [7, 11) is 1.86. The number of pyridine rings is 1. The molecule has 0 radical (unpaired) electrons. The van der Waals surface area contributed by atoms with Crippen LogP contribution in [0.25, 0.3) is 0 Å². The fourth-order valence-electron chi connectivity index (χ4n) is 2.28. The van der Waals surface area contributed by atoms with Gasteiger partial charge in [-0.15, -0.1) is 0 Å². The molecule has 5 nitrogen and oxygen atoms in total. The van der Waals surface area contributed by atoms with Gasteiger partial charge in [0.25, 0.3) is 0 Å². The topological polar surface area (TPSA) is 62.7 Å². The zero-order valence-corrected chi connectivity index (χ0v) is 10.7. The first-order valence-electron chi connectivity index (χ1n) is 6.11. The molecule has 18 heavy (non-hydrogen) atoms. The van der Waals surface area contributed by atoms with Gasteiger partial charge in [0.2, 0.25) is 0 Å². The minimum Gasteiger partial charge on any atom is -0.478 e. The Kier molecular flexibility index (Phi) is 3.81. The molecule has 0 saturated carbocycles. The molecule has 0 bridgehead atoms. The molecule has 0 amide bonds. The van der Waals surface area contributed by atoms with Crippen LogP contribution in [0.2, 0.25) is 0 Å². The van der Waals surface area contributed by atoms with Crippen molar-refractivity contribution < 1.29 is 14.6 Å². The number of anilines is 1. The maximum atomic E-state index is 11.3. The first-order chi connectivity index (χ1) is 8.59. The van der Waals surface area contributed by atoms with Crippen molar-refractivity contribution in [1.82, 2.24) is 4.98 Å². The number of aromatic carboxylic acids is 1. The fourth-order valence-corrected chi connectivity index (χ4v) is 2.28. The number of aromatic nitrogens is 1. The first kappa shape index (κ1) is 12.8. The van der Waals surface area contributed by atoms with Gasteiger partial charge in [0.1, 0.15) is 11.4 Å². The highest BCUT2D eigenvalue weighted by Gasteiger charge is 2.22. The van der Waals surface area contributed by atoms with E-state index in [9.17, 15) is 9.90 Å². The highest BCUT2D eigenvalue weighted by molar-refractivity contribution is 5.94. The maximum Gasteiger partial charge on any atom is 0.339 e. The van der Waals surface area contributed by atoms with Crippen molar-refractivity contribution in [3.8, 4) is 0 Å². The Morgan fingerprint density at radius 2 is 2.44 bits per heavy atom. The van der Waals surface area contributed by atoms with Crippen LogP contribution in [0.5, 0.6) is 0 Å². The fraction of sp³-hybridized carbons (Fsp3) is 0.538. The Hall–Kier alpha value is -1.62. The van der Waals surface area contributed by atoms with Gasteiger partial charge in [-0.1, -0.05) is 0 Å². The molecule has 1 aliphatic rings. The highest BCUT2D eigenvalue weighted by atomic mass is 16.5. The van der Waals surface area contributed by atoms with Gasteiger partial charge in [-0.25, -0.2) is 9.78 Å². The summed E-state index contributed by atoms with van der Waals surface area (Å²) in [6.45, 7) is 3.26. The van der Waals surface area contributed by atoms with Gasteiger partial charge in [-0.2, -0.15) is 0 Å². The van der Waals surface area contributed by atoms with E-state index in [0.29, 0.717) is 12.4 Å². The molecule has 0 aliphatic carbocycles. The van der Waals surface area contributed by atoms with E-state index < -0.39 is 5.97 Å². The summed E-state index contributed by atoms with van der Waals surface area (Å²) >= 11 is 0. The number of likely N-dealkylation sites (N-methyl/N-ethyl adjacent to an activating group) is 1. The number of hydrogen-bond donors (Lipinski definition) is 1. The van der Waals surface area contributed by atoms with Crippen LogP contribution in [0.1, 0.15) is 28.8 Å². The minimum absolute atomic E-state index is 0.180. The van der Waals surface area contributed by atoms with Gasteiger partial charge in [0, 0.05) is 26.4 Å². The smallest absolute Gasteiger partial charge is 0.339 e. The van der Waals surface area contributed by atoms with E-state index in [1.54, 1.807) is 19.2 Å². The van der Waals surface area contributed by atoms with E-state index in [4.69, 9.17) is 4.74 Å². The third-order valence-corrected chi connectivity index (χ3v) is 3.22. The van der Waals surface area contributed by atoms with E-state index in [1.165, 1.54) is 0 Å². The average Bonchev–Trinajstić information content (AvgIpc) is 2.80. The van der Waals surface area contributed by atoms with Crippen LogP contribution in [-0.4, -0.2) is 42.4 Å². The molecule has 1 aromatic heterocycles. The van der Waals surface area contributed by atoms with Crippen LogP contribution in [-0.2, 0) is 4.74 Å². The van der Waals surface area contributed by atoms with E-state index in [1.807, 2.05) is 11.9 Å². The molecule has 1 fully saturated rings. The number of carboxylic acids is 1. The van der Waals surface area contributed by atoms with Gasteiger partial charge in [0.05, 0.1) is 6.10 Å². The molecule has 2 rings (SSSR count). The monoisotopic (exact) mass is 250 g/mol. The Morgan fingerprint density at radius 1 is 1.67 bits per heavy atom. The van der Waals surface area contributed by atoms with E-state index in [-0.39, 0.29) is 11.7 Å². The molecule has 5 heteroatoms. The van der Waals surface area contributed by atoms with E-state index >= 15 is 0 Å². The largest absolute Gasteiger partial charge is 0.478 e. The number of rotatable bonds is 4. The van der Waals surface area contributed by atoms with Crippen molar-refractivity contribution in [2.45, 2.75) is 25.9 Å². The van der Waals surface area contributed by atoms with Crippen molar-refractivity contribution in [2.75, 3.05) is 25.1 Å². The van der Waals surface area contributed by atoms with Crippen LogP contribution in [0.15, 0.2) is 12.3 Å². The Labute approximate surface area is 106 Å². The Bertz CT molecular complexity index is 442. The lowest BCUT2D eigenvalue weighted by atomic mass is 10.1. The van der Waals surface area contributed by atoms with Gasteiger partial charge in [-0.05, 0) is 31.4 Å². The first-order valence-corrected chi connectivity index (χ1v) is 6.11. The van der Waals surface area contributed by atoms with Crippen molar-refractivity contribution in [1.29, 1.82) is 0 Å². The Balaban J connectivity index is 2.20. The van der Waals surface area contributed by atoms with Gasteiger partial charge >= 0.3 is 5.97 Å². The standard InChI is InChI=1S/C13H18N2O3/c1-9-5-6-14-12(11(9)13(16)17)15(2)8-10-4-3-7-18-10/h5-6,10H,3-4,7-8H2,1-2H3,(H,16,17). The lowest BCUT2D eigenvalue weighted by molar-refractivity contribution is 0.0695. The van der Waals surface area contributed by atoms with Crippen LogP contribution in [0.3, 0.4) is 0 Å². The number of carboxylic acid groups (broad SMARTS) is 1. The molecule has 1 unspecified atom stereocenters. The predicted molar refractivity (Wildman–Crippen MR) is 68.2 cm³/mol. The second-order valence-electron chi connectivity index (χ2n) is 4.65. The molecule has 1 aliphatic heterocycles. The van der Waals surface area contributed by atoms with Crippen LogP contribution in [0, 0.1) is 6.92 Å². The molecule has 98 valence electrons. The summed E-state index contributed by atoms with van der Waals surface area (Å²) in [6.07, 6.45) is 3.92. The average molecular weight is 250 g/mol. The zero-order valence-electron chi connectivity index (χ0n) is 10.7. The lowest BCUT2D eigenvalue weighted by Gasteiger charge is -2.23. The van der Waals surface area contributed by atoms with E-state index in [0.717, 1.165) is 25.0 Å². The molecule has 2 heterocycles. The SMILES string of the molecule is Cc1ccnc(N(C)CC2CCCO2)c1C(=O)O. The predicted octanol–water partition coefficient (Wildman–Crippen LogP) is 1.70. The third-order valence-electron chi connectivity index (χ3n) is 3.22. The lowest BCUT2D eigenvalue weighted by Crippen LogP contribution is -2.30. The van der Waals surface area contributed by atoms with E-state index in [2.05, 4.69) is 4.98 Å². The number of ether oxygens (including phenoxy) is 1. The van der Waals surface area contributed by atoms with Gasteiger partial charge in [-0.3, -0.25) is 0 Å². The second kappa shape index (κ2) is 5.35. The van der Waals surface area contributed by atoms with Crippen molar-refractivity contribution in [3.05, 3.63) is 23.4 Å². The molecule has 0 aromatic carbocycles. The summed E-state index contributed by atoms with van der Waals surface area (Å²) in [5.74, 6) is -0.423. The molecule has 1 atom stereocenters. The molecule has 1 saturated heterocycles. The second-order valence-corrected chi connectivity index (χ2v) is 4.65. The number of hydrogen-bond acceptors (Lipinski definition) is 4. The third kappa shape index (κ3) is 2.61. The summed E-state index contributed by atoms with van der Waals surface area (Å²) in [6, 6.07) is 1.72. The van der Waals surface area contributed by atoms with Crippen LogP contribution < -0.4 is 4.90 Å². The quantitative estimate of drug-likeness (QED) is 0.881. The number of aryl methyl sites for hydroxylation is 1. The minimum atomic E-state index is -0.935. The highest BCUT2D eigenvalue weighted by Crippen LogP contribution is 2.22. The summed E-state index contributed by atoms with van der Waals surface area (Å²) in [4.78, 5) is 17.3. The molecular weight excluding hydrogens is 232 g/mol. The zero-order chi connectivity index (χ0) is 13.1. The van der Waals surface area contributed by atoms with Crippen molar-refractivity contribution in [3.63, 3.8) is 0 Å². The number of nitrogens with zero attached hydrogens (tertiary/aromatic N) is 2. The van der Waals surface area contributed by atoms with Crippen LogP contribution >= 0.6 is 0 Å². The molecule has 0 spiro atoms. The summed E-state index contributed by atoms with van der Waals surface area (Å²) in [5, 5.41) is 9.26. The summed E-state index contributed by atoms with van der Waals surface area (Å²) in [5.41, 5.74) is 1.00. The molecular formula is C13H18N2O3. The van der Waals surface area contributed by atoms with Crippen molar-refractivity contribution in [2.24, 2.45) is 0 Å². The Morgan fingerprint density at radius 3 is 3.06 bits per heavy atom. The number of carbonyl (C=O) groups is 1. The molecule has 1 N–H and O–H groups in total. The van der Waals surface area contributed by atoms with Crippen molar-refractivity contribution >= 4 is 11.8 Å². The van der Waals surface area contributed by atoms with Gasteiger partial charge < -0.3 is 14.7 Å². The van der Waals surface area contributed by atoms with Gasteiger partial charge in [0.15, 0.2) is 0 Å². The summed E-state index contributed by atoms with van der Waals surface area (Å²) < 4.78 is 5.56. The normalized spacial score (nSPS) is 18.9.